The average Bonchev–Trinajstić information content (AvgIpc) is 3.52. The van der Waals surface area contributed by atoms with E-state index in [1.165, 1.54) is 28.7 Å². The van der Waals surface area contributed by atoms with Gasteiger partial charge in [0.1, 0.15) is 22.4 Å². The summed E-state index contributed by atoms with van der Waals surface area (Å²) in [5, 5.41) is 13.4. The van der Waals surface area contributed by atoms with Gasteiger partial charge in [0, 0.05) is 11.0 Å². The van der Waals surface area contributed by atoms with E-state index < -0.39 is 11.8 Å². The lowest BCUT2D eigenvalue weighted by molar-refractivity contribution is -0.112. The molecule has 3 aromatic heterocycles. The van der Waals surface area contributed by atoms with Gasteiger partial charge >= 0.3 is 0 Å². The normalized spacial score (nSPS) is 13.5. The first-order valence-electron chi connectivity index (χ1n) is 10.4. The molecule has 3 N–H and O–H groups in total. The molecular formula is C24H18N4O3S2. The number of hydrogen-bond acceptors (Lipinski definition) is 7. The molecule has 0 radical (unpaired) electrons. The number of amides is 2. The molecule has 1 aromatic carbocycles. The number of thiophene rings is 1. The van der Waals surface area contributed by atoms with Gasteiger partial charge < -0.3 is 15.5 Å². The predicted molar refractivity (Wildman–Crippen MR) is 129 cm³/mol. The van der Waals surface area contributed by atoms with E-state index in [9.17, 15) is 14.9 Å². The fourth-order valence-corrected chi connectivity index (χ4v) is 6.12. The number of para-hydroxylation sites is 1. The maximum atomic E-state index is 12.8. The van der Waals surface area contributed by atoms with E-state index in [4.69, 9.17) is 10.2 Å². The maximum Gasteiger partial charge on any atom is 0.267 e. The van der Waals surface area contributed by atoms with Crippen molar-refractivity contribution in [2.45, 2.75) is 25.7 Å². The van der Waals surface area contributed by atoms with E-state index in [2.05, 4.69) is 10.3 Å². The van der Waals surface area contributed by atoms with E-state index in [1.54, 1.807) is 12.1 Å². The largest absolute Gasteiger partial charge is 0.454 e. The van der Waals surface area contributed by atoms with Crippen LogP contribution in [-0.4, -0.2) is 16.8 Å². The summed E-state index contributed by atoms with van der Waals surface area (Å²) < 4.78 is 6.87. The van der Waals surface area contributed by atoms with Crippen molar-refractivity contribution in [2.75, 3.05) is 5.32 Å². The highest BCUT2D eigenvalue weighted by Crippen LogP contribution is 2.38. The predicted octanol–water partition coefficient (Wildman–Crippen LogP) is 5.14. The molecule has 4 aromatic rings. The number of carbonyl (C=O) groups excluding carboxylic acids is 2. The first kappa shape index (κ1) is 21.1. The van der Waals surface area contributed by atoms with Crippen LogP contribution in [0.2, 0.25) is 0 Å². The van der Waals surface area contributed by atoms with Crippen LogP contribution in [-0.2, 0) is 17.6 Å². The van der Waals surface area contributed by atoms with Gasteiger partial charge in [-0.25, -0.2) is 4.98 Å². The fourth-order valence-electron chi connectivity index (χ4n) is 3.90. The van der Waals surface area contributed by atoms with Crippen molar-refractivity contribution in [3.63, 3.8) is 0 Å². The number of furan rings is 1. The molecule has 33 heavy (non-hydrogen) atoms. The Hall–Kier alpha value is -3.74. The summed E-state index contributed by atoms with van der Waals surface area (Å²) in [5.41, 5.74) is 7.62. The maximum absolute atomic E-state index is 12.8. The highest BCUT2D eigenvalue weighted by Gasteiger charge is 2.25. The van der Waals surface area contributed by atoms with Crippen LogP contribution in [0.1, 0.15) is 39.4 Å². The van der Waals surface area contributed by atoms with Crippen molar-refractivity contribution in [3.05, 3.63) is 63.7 Å². The van der Waals surface area contributed by atoms with E-state index in [0.717, 1.165) is 46.3 Å². The molecule has 0 spiro atoms. The summed E-state index contributed by atoms with van der Waals surface area (Å²) in [5.74, 6) is -0.270. The minimum absolute atomic E-state index is 0.137. The Morgan fingerprint density at radius 1 is 1.15 bits per heavy atom. The first-order chi connectivity index (χ1) is 16.0. The molecule has 1 aliphatic carbocycles. The number of nitrogens with one attached hydrogen (secondary N) is 1. The Bertz CT molecular complexity index is 1440. The third-order valence-electron chi connectivity index (χ3n) is 5.43. The lowest BCUT2D eigenvalue weighted by atomic mass is 9.95. The molecule has 0 saturated carbocycles. The van der Waals surface area contributed by atoms with Crippen molar-refractivity contribution in [1.29, 1.82) is 5.26 Å². The van der Waals surface area contributed by atoms with Gasteiger partial charge in [0.25, 0.3) is 11.8 Å². The smallest absolute Gasteiger partial charge is 0.267 e. The van der Waals surface area contributed by atoms with E-state index in [1.807, 2.05) is 30.3 Å². The van der Waals surface area contributed by atoms with Crippen LogP contribution in [0.25, 0.3) is 27.1 Å². The molecule has 0 aliphatic heterocycles. The minimum Gasteiger partial charge on any atom is -0.454 e. The Balaban J connectivity index is 1.40. The number of thiazole rings is 1. The zero-order valence-electron chi connectivity index (χ0n) is 17.4. The zero-order valence-corrected chi connectivity index (χ0v) is 19.0. The molecule has 0 atom stereocenters. The van der Waals surface area contributed by atoms with E-state index in [0.29, 0.717) is 27.1 Å². The molecule has 1 aliphatic rings. The number of aromatic nitrogens is 1. The van der Waals surface area contributed by atoms with E-state index in [-0.39, 0.29) is 5.57 Å². The molecule has 9 heteroatoms. The van der Waals surface area contributed by atoms with Crippen LogP contribution in [0.15, 0.2) is 46.4 Å². The van der Waals surface area contributed by atoms with Gasteiger partial charge in [-0.05, 0) is 55.5 Å². The molecule has 7 nitrogen and oxygen atoms in total. The molecule has 5 rings (SSSR count). The molecule has 0 bridgehead atoms. The monoisotopic (exact) mass is 474 g/mol. The highest BCUT2D eigenvalue weighted by atomic mass is 32.1. The topological polar surface area (TPSA) is 122 Å². The van der Waals surface area contributed by atoms with Gasteiger partial charge in [0.15, 0.2) is 10.8 Å². The number of nitrogens with zero attached hydrogens (tertiary/aromatic N) is 2. The van der Waals surface area contributed by atoms with Crippen LogP contribution in [0, 0.1) is 11.3 Å². The van der Waals surface area contributed by atoms with Gasteiger partial charge in [0.2, 0.25) is 0 Å². The number of primary amides is 1. The Kier molecular flexibility index (Phi) is 5.54. The highest BCUT2D eigenvalue weighted by molar-refractivity contribution is 7.21. The molecule has 164 valence electrons. The first-order valence-corrected chi connectivity index (χ1v) is 12.0. The van der Waals surface area contributed by atoms with Crippen molar-refractivity contribution < 1.29 is 14.0 Å². The lowest BCUT2D eigenvalue weighted by Crippen LogP contribution is -2.19. The molecule has 0 saturated heterocycles. The van der Waals surface area contributed by atoms with Crippen LogP contribution in [0.4, 0.5) is 5.00 Å². The second-order valence-corrected chi connectivity index (χ2v) is 9.73. The SMILES string of the molecule is N#C/C(=C\c1ccc(-c2nc3ccccc3s2)o1)C(=O)Nc1sc2c(c1C(N)=O)CCCC2. The number of benzene rings is 1. The van der Waals surface area contributed by atoms with Gasteiger partial charge in [0.05, 0.1) is 15.8 Å². The summed E-state index contributed by atoms with van der Waals surface area (Å²) in [6, 6.07) is 13.2. The van der Waals surface area contributed by atoms with Crippen molar-refractivity contribution in [2.24, 2.45) is 5.73 Å². The molecule has 0 unspecified atom stereocenters. The zero-order chi connectivity index (χ0) is 22.9. The van der Waals surface area contributed by atoms with Crippen molar-refractivity contribution in [3.8, 4) is 16.8 Å². The van der Waals surface area contributed by atoms with Crippen LogP contribution in [0.3, 0.4) is 0 Å². The second kappa shape index (κ2) is 8.65. The van der Waals surface area contributed by atoms with Crippen LogP contribution < -0.4 is 11.1 Å². The number of nitriles is 1. The van der Waals surface area contributed by atoms with Crippen LogP contribution in [0.5, 0.6) is 0 Å². The third-order valence-corrected chi connectivity index (χ3v) is 7.69. The Morgan fingerprint density at radius 2 is 1.97 bits per heavy atom. The van der Waals surface area contributed by atoms with Crippen molar-refractivity contribution >= 4 is 55.8 Å². The lowest BCUT2D eigenvalue weighted by Gasteiger charge is -2.11. The number of fused-ring (bicyclic) bond motifs is 2. The molecular weight excluding hydrogens is 456 g/mol. The Morgan fingerprint density at radius 3 is 2.76 bits per heavy atom. The number of nitrogens with two attached hydrogens (primary N) is 1. The number of aryl methyl sites for hydroxylation is 1. The Labute approximate surface area is 197 Å². The van der Waals surface area contributed by atoms with Gasteiger partial charge in [-0.3, -0.25) is 9.59 Å². The summed E-state index contributed by atoms with van der Waals surface area (Å²) in [7, 11) is 0. The van der Waals surface area contributed by atoms with Gasteiger partial charge in [-0.1, -0.05) is 12.1 Å². The minimum atomic E-state index is -0.614. The standard InChI is InChI=1S/C24H18N4O3S2/c25-12-13(22(30)28-24-20(21(26)29)15-5-1-3-7-18(15)32-24)11-14-9-10-17(31-14)23-27-16-6-2-4-8-19(16)33-23/h2,4,6,8-11H,1,3,5,7H2,(H2,26,29)(H,28,30)/b13-11+. The second-order valence-electron chi connectivity index (χ2n) is 7.59. The summed E-state index contributed by atoms with van der Waals surface area (Å²) in [4.78, 5) is 30.5. The van der Waals surface area contributed by atoms with E-state index >= 15 is 0 Å². The average molecular weight is 475 g/mol. The number of hydrogen-bond donors (Lipinski definition) is 2. The number of carbonyl (C=O) groups is 2. The third kappa shape index (κ3) is 4.06. The number of anilines is 1. The summed E-state index contributed by atoms with van der Waals surface area (Å²) in [6.07, 6.45) is 5.03. The summed E-state index contributed by atoms with van der Waals surface area (Å²) >= 11 is 2.86. The molecule has 2 amide bonds. The molecule has 3 heterocycles. The van der Waals surface area contributed by atoms with Crippen molar-refractivity contribution in [1.82, 2.24) is 4.98 Å². The van der Waals surface area contributed by atoms with Gasteiger partial charge in [-0.15, -0.1) is 22.7 Å². The summed E-state index contributed by atoms with van der Waals surface area (Å²) in [6.45, 7) is 0. The molecule has 0 fully saturated rings. The fraction of sp³-hybridized carbons (Fsp3) is 0.167. The van der Waals surface area contributed by atoms with Crippen LogP contribution >= 0.6 is 22.7 Å². The quantitative estimate of drug-likeness (QED) is 0.306. The number of rotatable bonds is 5. The van der Waals surface area contributed by atoms with Gasteiger partial charge in [-0.2, -0.15) is 5.26 Å².